The standard InChI is InChI=1S/C25H27N2/c1-16-18-11-7-8-12-19(18)21(25(3,4)5)15-20(16)24-17(2)26-22-13-9-10-14-23(22)27(24)6/h7-15H,1-6H3/q+1. The zero-order valence-corrected chi connectivity index (χ0v) is 17.1. The van der Waals surface area contributed by atoms with E-state index in [9.17, 15) is 0 Å². The van der Waals surface area contributed by atoms with Gasteiger partial charge in [0.25, 0.3) is 0 Å². The predicted molar refractivity (Wildman–Crippen MR) is 114 cm³/mol. The molecule has 0 aliphatic rings. The highest BCUT2D eigenvalue weighted by molar-refractivity contribution is 5.94. The molecule has 0 N–H and O–H groups in total. The lowest BCUT2D eigenvalue weighted by Gasteiger charge is -2.24. The summed E-state index contributed by atoms with van der Waals surface area (Å²) in [7, 11) is 2.15. The minimum absolute atomic E-state index is 0.0683. The summed E-state index contributed by atoms with van der Waals surface area (Å²) < 4.78 is 2.29. The van der Waals surface area contributed by atoms with Crippen LogP contribution >= 0.6 is 0 Å². The van der Waals surface area contributed by atoms with Crippen molar-refractivity contribution in [1.82, 2.24) is 4.98 Å². The van der Waals surface area contributed by atoms with E-state index in [4.69, 9.17) is 4.98 Å². The van der Waals surface area contributed by atoms with Crippen molar-refractivity contribution in [3.8, 4) is 11.3 Å². The molecule has 0 fully saturated rings. The zero-order valence-electron chi connectivity index (χ0n) is 17.1. The molecule has 0 unspecified atom stereocenters. The van der Waals surface area contributed by atoms with Gasteiger partial charge in [-0.05, 0) is 53.3 Å². The van der Waals surface area contributed by atoms with E-state index >= 15 is 0 Å². The summed E-state index contributed by atoms with van der Waals surface area (Å²) in [5.41, 5.74) is 8.49. The molecule has 2 heteroatoms. The fraction of sp³-hybridized carbons (Fsp3) is 0.280. The Labute approximate surface area is 161 Å². The van der Waals surface area contributed by atoms with Gasteiger partial charge in [-0.25, -0.2) is 4.98 Å². The van der Waals surface area contributed by atoms with Crippen LogP contribution in [0.2, 0.25) is 0 Å². The molecule has 0 amide bonds. The van der Waals surface area contributed by atoms with Crippen LogP contribution in [0.3, 0.4) is 0 Å². The highest BCUT2D eigenvalue weighted by atomic mass is 15.0. The zero-order chi connectivity index (χ0) is 19.3. The van der Waals surface area contributed by atoms with Crippen LogP contribution in [-0.2, 0) is 12.5 Å². The van der Waals surface area contributed by atoms with Crippen LogP contribution in [0.1, 0.15) is 37.6 Å². The van der Waals surface area contributed by atoms with Gasteiger partial charge < -0.3 is 0 Å². The van der Waals surface area contributed by atoms with Crippen molar-refractivity contribution in [1.29, 1.82) is 0 Å². The number of aryl methyl sites for hydroxylation is 3. The molecule has 27 heavy (non-hydrogen) atoms. The van der Waals surface area contributed by atoms with E-state index in [0.717, 1.165) is 16.7 Å². The van der Waals surface area contributed by atoms with Crippen molar-refractivity contribution in [3.05, 3.63) is 71.4 Å². The number of fused-ring (bicyclic) bond motifs is 2. The number of hydrogen-bond acceptors (Lipinski definition) is 1. The minimum atomic E-state index is 0.0683. The van der Waals surface area contributed by atoms with Crippen LogP contribution in [-0.4, -0.2) is 4.98 Å². The molecule has 136 valence electrons. The van der Waals surface area contributed by atoms with Gasteiger partial charge >= 0.3 is 0 Å². The monoisotopic (exact) mass is 355 g/mol. The van der Waals surface area contributed by atoms with Crippen molar-refractivity contribution >= 4 is 21.8 Å². The number of benzene rings is 3. The van der Waals surface area contributed by atoms with Gasteiger partial charge in [0, 0.05) is 6.07 Å². The average Bonchev–Trinajstić information content (AvgIpc) is 2.62. The molecule has 0 spiro atoms. The Bertz CT molecular complexity index is 1180. The Morgan fingerprint density at radius 2 is 1.48 bits per heavy atom. The number of para-hydroxylation sites is 2. The molecule has 0 saturated carbocycles. The van der Waals surface area contributed by atoms with E-state index < -0.39 is 0 Å². The molecule has 0 aliphatic heterocycles. The van der Waals surface area contributed by atoms with Crippen molar-refractivity contribution in [2.75, 3.05) is 0 Å². The normalized spacial score (nSPS) is 12.1. The second-order valence-corrected chi connectivity index (χ2v) is 8.49. The Hall–Kier alpha value is -2.74. The lowest BCUT2D eigenvalue weighted by molar-refractivity contribution is -0.634. The minimum Gasteiger partial charge on any atom is -0.240 e. The van der Waals surface area contributed by atoms with Crippen LogP contribution in [0.4, 0.5) is 0 Å². The first-order valence-corrected chi connectivity index (χ1v) is 9.57. The maximum Gasteiger partial charge on any atom is 0.234 e. The van der Waals surface area contributed by atoms with Crippen molar-refractivity contribution in [3.63, 3.8) is 0 Å². The second kappa shape index (κ2) is 6.16. The van der Waals surface area contributed by atoms with Crippen molar-refractivity contribution in [2.45, 2.75) is 40.0 Å². The number of hydrogen-bond donors (Lipinski definition) is 0. The highest BCUT2D eigenvalue weighted by Gasteiger charge is 2.25. The maximum absolute atomic E-state index is 4.91. The summed E-state index contributed by atoms with van der Waals surface area (Å²) in [5, 5.41) is 2.67. The van der Waals surface area contributed by atoms with Crippen molar-refractivity contribution < 1.29 is 4.57 Å². The summed E-state index contributed by atoms with van der Waals surface area (Å²) in [5.74, 6) is 0. The topological polar surface area (TPSA) is 16.8 Å². The van der Waals surface area contributed by atoms with Gasteiger partial charge in [-0.2, -0.15) is 4.57 Å². The number of aromatic nitrogens is 2. The third-order valence-corrected chi connectivity index (χ3v) is 5.59. The van der Waals surface area contributed by atoms with Gasteiger partial charge in [0.15, 0.2) is 0 Å². The fourth-order valence-corrected chi connectivity index (χ4v) is 4.20. The molecule has 0 saturated heterocycles. The highest BCUT2D eigenvalue weighted by Crippen LogP contribution is 2.37. The van der Waals surface area contributed by atoms with Gasteiger partial charge in [-0.15, -0.1) is 0 Å². The quantitative estimate of drug-likeness (QED) is 0.395. The first-order valence-electron chi connectivity index (χ1n) is 9.57. The third-order valence-electron chi connectivity index (χ3n) is 5.59. The molecule has 0 aliphatic carbocycles. The van der Waals surface area contributed by atoms with Crippen LogP contribution in [0.5, 0.6) is 0 Å². The third kappa shape index (κ3) is 2.80. The molecule has 4 rings (SSSR count). The molecule has 0 atom stereocenters. The maximum atomic E-state index is 4.91. The van der Waals surface area contributed by atoms with E-state index in [-0.39, 0.29) is 5.41 Å². The van der Waals surface area contributed by atoms with E-state index in [1.54, 1.807) is 0 Å². The van der Waals surface area contributed by atoms with E-state index in [1.165, 1.54) is 33.2 Å². The Morgan fingerprint density at radius 3 is 2.19 bits per heavy atom. The number of rotatable bonds is 1. The first kappa shape index (κ1) is 17.7. The van der Waals surface area contributed by atoms with Gasteiger partial charge in [0.2, 0.25) is 11.2 Å². The van der Waals surface area contributed by atoms with Gasteiger partial charge in [-0.3, -0.25) is 0 Å². The molecular formula is C25H27N2+. The first-order chi connectivity index (χ1) is 12.8. The second-order valence-electron chi connectivity index (χ2n) is 8.49. The lowest BCUT2D eigenvalue weighted by Crippen LogP contribution is -2.34. The summed E-state index contributed by atoms with van der Waals surface area (Å²) >= 11 is 0. The Balaban J connectivity index is 2.15. The summed E-state index contributed by atoms with van der Waals surface area (Å²) in [6, 6.07) is 19.5. The van der Waals surface area contributed by atoms with Crippen molar-refractivity contribution in [2.24, 2.45) is 7.05 Å². The van der Waals surface area contributed by atoms with E-state index in [1.807, 2.05) is 6.07 Å². The smallest absolute Gasteiger partial charge is 0.234 e. The molecule has 1 aromatic heterocycles. The molecular weight excluding hydrogens is 328 g/mol. The van der Waals surface area contributed by atoms with Crippen LogP contribution in [0.15, 0.2) is 54.6 Å². The van der Waals surface area contributed by atoms with E-state index in [2.05, 4.69) is 94.8 Å². The predicted octanol–water partition coefficient (Wildman–Crippen LogP) is 5.79. The number of nitrogens with zero attached hydrogens (tertiary/aromatic N) is 2. The average molecular weight is 356 g/mol. The molecule has 1 heterocycles. The van der Waals surface area contributed by atoms with Gasteiger partial charge in [0.1, 0.15) is 18.3 Å². The van der Waals surface area contributed by atoms with Gasteiger partial charge in [0.05, 0.1) is 5.56 Å². The Morgan fingerprint density at radius 1 is 0.852 bits per heavy atom. The SMILES string of the molecule is Cc1nc2ccccc2[n+](C)c1-c1cc(C(C)(C)C)c2ccccc2c1C. The molecule has 4 aromatic rings. The molecule has 2 nitrogen and oxygen atoms in total. The van der Waals surface area contributed by atoms with Crippen LogP contribution < -0.4 is 4.57 Å². The molecule has 3 aromatic carbocycles. The fourth-order valence-electron chi connectivity index (χ4n) is 4.20. The van der Waals surface area contributed by atoms with Crippen LogP contribution in [0, 0.1) is 13.8 Å². The molecule has 0 radical (unpaired) electrons. The lowest BCUT2D eigenvalue weighted by atomic mass is 9.80. The summed E-state index contributed by atoms with van der Waals surface area (Å²) in [6.45, 7) is 11.2. The van der Waals surface area contributed by atoms with Gasteiger partial charge in [-0.1, -0.05) is 57.2 Å². The van der Waals surface area contributed by atoms with Crippen LogP contribution in [0.25, 0.3) is 33.1 Å². The summed E-state index contributed by atoms with van der Waals surface area (Å²) in [6.07, 6.45) is 0. The summed E-state index contributed by atoms with van der Waals surface area (Å²) in [4.78, 5) is 4.91. The largest absolute Gasteiger partial charge is 0.240 e. The van der Waals surface area contributed by atoms with E-state index in [0.29, 0.717) is 0 Å². The molecule has 0 bridgehead atoms. The Kier molecular flexibility index (Phi) is 4.03.